The number of anilines is 2. The van der Waals surface area contributed by atoms with E-state index in [4.69, 9.17) is 4.74 Å². The van der Waals surface area contributed by atoms with Gasteiger partial charge in [0.05, 0.1) is 28.8 Å². The number of aryl methyl sites for hydroxylation is 2. The number of hydrogen-bond acceptors (Lipinski definition) is 7. The molecule has 0 spiro atoms. The molecule has 0 fully saturated rings. The molecule has 0 aliphatic rings. The fourth-order valence-electron chi connectivity index (χ4n) is 3.81. The SMILES string of the molecule is COc1ccc2ccccc2c1C=NNc1ccc(S(=O)(=O)Nc2ccc(C)cc2C)cc1[N+](=O)[O-]. The highest BCUT2D eigenvalue weighted by Crippen LogP contribution is 2.30. The number of methoxy groups -OCH3 is 1. The van der Waals surface area contributed by atoms with Crippen molar-refractivity contribution in [2.75, 3.05) is 17.3 Å². The van der Waals surface area contributed by atoms with Gasteiger partial charge in [-0.25, -0.2) is 8.42 Å². The predicted octanol–water partition coefficient (Wildman–Crippen LogP) is 5.62. The highest BCUT2D eigenvalue weighted by Gasteiger charge is 2.22. The monoisotopic (exact) mass is 504 g/mol. The van der Waals surface area contributed by atoms with Crippen LogP contribution in [0.5, 0.6) is 5.75 Å². The molecule has 0 heterocycles. The summed E-state index contributed by atoms with van der Waals surface area (Å²) in [5.74, 6) is 0.590. The molecule has 184 valence electrons. The molecule has 0 aromatic heterocycles. The molecule has 0 unspecified atom stereocenters. The first-order valence-electron chi connectivity index (χ1n) is 10.9. The van der Waals surface area contributed by atoms with E-state index in [1.165, 1.54) is 18.3 Å². The van der Waals surface area contributed by atoms with Crippen LogP contribution in [-0.4, -0.2) is 26.7 Å². The molecule has 0 saturated heterocycles. The van der Waals surface area contributed by atoms with Crippen molar-refractivity contribution in [1.82, 2.24) is 0 Å². The smallest absolute Gasteiger partial charge is 0.295 e. The molecule has 0 saturated carbocycles. The molecule has 4 aromatic carbocycles. The van der Waals surface area contributed by atoms with Crippen molar-refractivity contribution in [2.24, 2.45) is 5.10 Å². The molecule has 0 aliphatic heterocycles. The first kappa shape index (κ1) is 24.7. The fraction of sp³-hybridized carbons (Fsp3) is 0.115. The maximum Gasteiger partial charge on any atom is 0.295 e. The van der Waals surface area contributed by atoms with E-state index in [1.54, 1.807) is 26.2 Å². The molecule has 0 amide bonds. The van der Waals surface area contributed by atoms with Crippen molar-refractivity contribution in [1.29, 1.82) is 0 Å². The number of benzene rings is 4. The predicted molar refractivity (Wildman–Crippen MR) is 142 cm³/mol. The molecule has 4 rings (SSSR count). The summed E-state index contributed by atoms with van der Waals surface area (Å²) >= 11 is 0. The zero-order valence-corrected chi connectivity index (χ0v) is 20.7. The van der Waals surface area contributed by atoms with Gasteiger partial charge in [-0.3, -0.25) is 20.3 Å². The normalized spacial score (nSPS) is 11.5. The van der Waals surface area contributed by atoms with Crippen LogP contribution in [0.15, 0.2) is 82.8 Å². The van der Waals surface area contributed by atoms with E-state index in [2.05, 4.69) is 15.2 Å². The number of nitrogens with zero attached hydrogens (tertiary/aromatic N) is 2. The lowest BCUT2D eigenvalue weighted by molar-refractivity contribution is -0.384. The molecule has 10 heteroatoms. The molecule has 0 atom stereocenters. The van der Waals surface area contributed by atoms with E-state index in [9.17, 15) is 18.5 Å². The number of fused-ring (bicyclic) bond motifs is 1. The molecule has 0 bridgehead atoms. The van der Waals surface area contributed by atoms with Crippen molar-refractivity contribution in [3.8, 4) is 5.75 Å². The lowest BCUT2D eigenvalue weighted by Crippen LogP contribution is -2.14. The fourth-order valence-corrected chi connectivity index (χ4v) is 4.96. The minimum Gasteiger partial charge on any atom is -0.496 e. The Hall–Kier alpha value is -4.44. The lowest BCUT2D eigenvalue weighted by atomic mass is 10.0. The van der Waals surface area contributed by atoms with Gasteiger partial charge in [0.2, 0.25) is 0 Å². The number of sulfonamides is 1. The van der Waals surface area contributed by atoms with E-state index in [0.717, 1.165) is 28.0 Å². The number of hydrogen-bond donors (Lipinski definition) is 2. The molecule has 0 aliphatic carbocycles. The van der Waals surface area contributed by atoms with Gasteiger partial charge in [0.25, 0.3) is 15.7 Å². The standard InChI is InChI=1S/C26H24N4O5S/c1-17-8-11-23(18(2)14-17)29-36(33,34)20-10-12-24(25(15-20)30(31)32)28-27-16-22-21-7-5-4-6-19(21)9-13-26(22)35-3/h4-16,28-29H,1-3H3. The summed E-state index contributed by atoms with van der Waals surface area (Å²) in [6, 6.07) is 20.3. The number of hydrazone groups is 1. The van der Waals surface area contributed by atoms with Gasteiger partial charge in [-0.05, 0) is 54.4 Å². The Balaban J connectivity index is 1.63. The zero-order valence-electron chi connectivity index (χ0n) is 19.8. The number of nitro groups is 1. The van der Waals surface area contributed by atoms with Crippen molar-refractivity contribution < 1.29 is 18.1 Å². The van der Waals surface area contributed by atoms with Gasteiger partial charge >= 0.3 is 0 Å². The highest BCUT2D eigenvalue weighted by atomic mass is 32.2. The zero-order chi connectivity index (χ0) is 25.9. The van der Waals surface area contributed by atoms with Gasteiger partial charge in [0.15, 0.2) is 0 Å². The first-order chi connectivity index (χ1) is 17.2. The number of rotatable bonds is 8. The van der Waals surface area contributed by atoms with Crippen LogP contribution in [0.4, 0.5) is 17.1 Å². The van der Waals surface area contributed by atoms with E-state index >= 15 is 0 Å². The van der Waals surface area contributed by atoms with Crippen molar-refractivity contribution in [2.45, 2.75) is 18.7 Å². The van der Waals surface area contributed by atoms with Crippen molar-refractivity contribution in [3.05, 3.63) is 99.6 Å². The van der Waals surface area contributed by atoms with Crippen LogP contribution in [-0.2, 0) is 10.0 Å². The van der Waals surface area contributed by atoms with Gasteiger partial charge in [-0.1, -0.05) is 48.0 Å². The summed E-state index contributed by atoms with van der Waals surface area (Å²) in [5.41, 5.74) is 5.10. The summed E-state index contributed by atoms with van der Waals surface area (Å²) in [6.07, 6.45) is 1.51. The number of ether oxygens (including phenoxy) is 1. The van der Waals surface area contributed by atoms with Crippen molar-refractivity contribution >= 4 is 44.1 Å². The molecule has 4 aromatic rings. The lowest BCUT2D eigenvalue weighted by Gasteiger charge is -2.12. The summed E-state index contributed by atoms with van der Waals surface area (Å²) in [5, 5.41) is 17.8. The minimum absolute atomic E-state index is 0.0425. The summed E-state index contributed by atoms with van der Waals surface area (Å²) in [7, 11) is -2.51. The topological polar surface area (TPSA) is 123 Å². The average Bonchev–Trinajstić information content (AvgIpc) is 2.85. The maximum absolute atomic E-state index is 12.9. The largest absolute Gasteiger partial charge is 0.496 e. The van der Waals surface area contributed by atoms with E-state index < -0.39 is 20.6 Å². The highest BCUT2D eigenvalue weighted by molar-refractivity contribution is 7.92. The summed E-state index contributed by atoms with van der Waals surface area (Å²) < 4.78 is 33.8. The third-order valence-electron chi connectivity index (χ3n) is 5.63. The van der Waals surface area contributed by atoms with Gasteiger partial charge in [-0.15, -0.1) is 0 Å². The van der Waals surface area contributed by atoms with E-state index in [-0.39, 0.29) is 10.6 Å². The van der Waals surface area contributed by atoms with Crippen LogP contribution in [0, 0.1) is 24.0 Å². The van der Waals surface area contributed by atoms with E-state index in [1.807, 2.05) is 49.4 Å². The Kier molecular flexibility index (Phi) is 6.89. The van der Waals surface area contributed by atoms with Crippen LogP contribution in [0.25, 0.3) is 10.8 Å². The molecule has 2 N–H and O–H groups in total. The number of nitrogens with one attached hydrogen (secondary N) is 2. The second kappa shape index (κ2) is 10.0. The van der Waals surface area contributed by atoms with Gasteiger partial charge in [0, 0.05) is 11.6 Å². The number of nitro benzene ring substituents is 1. The van der Waals surface area contributed by atoms with Gasteiger partial charge < -0.3 is 4.74 Å². The Morgan fingerprint density at radius 2 is 1.72 bits per heavy atom. The summed E-state index contributed by atoms with van der Waals surface area (Å²) in [6.45, 7) is 3.68. The van der Waals surface area contributed by atoms with Crippen LogP contribution in [0.2, 0.25) is 0 Å². The van der Waals surface area contributed by atoms with Crippen molar-refractivity contribution in [3.63, 3.8) is 0 Å². The molecular weight excluding hydrogens is 480 g/mol. The average molecular weight is 505 g/mol. The Morgan fingerprint density at radius 1 is 0.972 bits per heavy atom. The maximum atomic E-state index is 12.9. The van der Waals surface area contributed by atoms with Crippen LogP contribution in [0.3, 0.4) is 0 Å². The Labute approximate surface area is 208 Å². The third-order valence-corrected chi connectivity index (χ3v) is 6.99. The van der Waals surface area contributed by atoms with Crippen LogP contribution in [0.1, 0.15) is 16.7 Å². The molecular formula is C26H24N4O5S. The molecule has 0 radical (unpaired) electrons. The van der Waals surface area contributed by atoms with Crippen LogP contribution >= 0.6 is 0 Å². The third kappa shape index (κ3) is 5.13. The van der Waals surface area contributed by atoms with Crippen LogP contribution < -0.4 is 14.9 Å². The summed E-state index contributed by atoms with van der Waals surface area (Å²) in [4.78, 5) is 10.8. The minimum atomic E-state index is -4.06. The second-order valence-electron chi connectivity index (χ2n) is 8.13. The quantitative estimate of drug-likeness (QED) is 0.182. The van der Waals surface area contributed by atoms with E-state index in [0.29, 0.717) is 17.0 Å². The Morgan fingerprint density at radius 3 is 2.44 bits per heavy atom. The molecule has 36 heavy (non-hydrogen) atoms. The Bertz CT molecular complexity index is 1600. The first-order valence-corrected chi connectivity index (χ1v) is 12.4. The molecule has 9 nitrogen and oxygen atoms in total. The van der Waals surface area contributed by atoms with Gasteiger partial charge in [0.1, 0.15) is 11.4 Å². The second-order valence-corrected chi connectivity index (χ2v) is 9.81. The van der Waals surface area contributed by atoms with Gasteiger partial charge in [-0.2, -0.15) is 5.10 Å².